The first-order valence-electron chi connectivity index (χ1n) is 5.56. The number of aromatic nitrogens is 2. The molecule has 2 aromatic heterocycles. The van der Waals surface area contributed by atoms with Crippen molar-refractivity contribution in [2.45, 2.75) is 20.4 Å². The summed E-state index contributed by atoms with van der Waals surface area (Å²) >= 11 is 3.25. The van der Waals surface area contributed by atoms with E-state index >= 15 is 0 Å². The molecule has 2 rings (SSSR count). The van der Waals surface area contributed by atoms with Gasteiger partial charge in [0, 0.05) is 16.7 Å². The quantitative estimate of drug-likeness (QED) is 0.934. The van der Waals surface area contributed by atoms with E-state index < -0.39 is 0 Å². The van der Waals surface area contributed by atoms with Gasteiger partial charge in [-0.05, 0) is 35.8 Å². The van der Waals surface area contributed by atoms with Crippen LogP contribution in [0.25, 0.3) is 0 Å². The summed E-state index contributed by atoms with van der Waals surface area (Å²) in [5.74, 6) is 0.224. The molecule has 0 aliphatic carbocycles. The van der Waals surface area contributed by atoms with E-state index in [0.717, 1.165) is 4.47 Å². The molecule has 0 spiro atoms. The lowest BCUT2D eigenvalue weighted by Crippen LogP contribution is -2.26. The van der Waals surface area contributed by atoms with E-state index in [9.17, 15) is 9.59 Å². The fraction of sp³-hybridized carbons (Fsp3) is 0.250. The zero-order chi connectivity index (χ0) is 14.0. The van der Waals surface area contributed by atoms with Crippen LogP contribution in [0.15, 0.2) is 32.1 Å². The number of pyridine rings is 1. The second kappa shape index (κ2) is 5.40. The molecular formula is C12H12BrN3O3. The minimum absolute atomic E-state index is 0.0671. The second-order valence-electron chi connectivity index (χ2n) is 4.06. The van der Waals surface area contributed by atoms with Crippen molar-refractivity contribution in [1.29, 1.82) is 0 Å². The lowest BCUT2D eigenvalue weighted by atomic mass is 10.3. The summed E-state index contributed by atoms with van der Waals surface area (Å²) in [7, 11) is 0. The fourth-order valence-electron chi connectivity index (χ4n) is 1.62. The van der Waals surface area contributed by atoms with Crippen LogP contribution in [-0.4, -0.2) is 15.6 Å². The molecule has 0 aliphatic rings. The van der Waals surface area contributed by atoms with Crippen LogP contribution in [0, 0.1) is 13.8 Å². The number of hydrogen-bond donors (Lipinski definition) is 1. The van der Waals surface area contributed by atoms with Crippen molar-refractivity contribution in [2.24, 2.45) is 0 Å². The number of nitrogens with one attached hydrogen (secondary N) is 1. The van der Waals surface area contributed by atoms with Crippen molar-refractivity contribution in [1.82, 2.24) is 9.72 Å². The van der Waals surface area contributed by atoms with Crippen LogP contribution in [-0.2, 0) is 11.3 Å². The highest BCUT2D eigenvalue weighted by molar-refractivity contribution is 9.10. The zero-order valence-electron chi connectivity index (χ0n) is 10.4. The van der Waals surface area contributed by atoms with Crippen molar-refractivity contribution in [3.05, 3.63) is 44.6 Å². The average Bonchev–Trinajstić information content (AvgIpc) is 2.65. The number of hydrogen-bond acceptors (Lipinski definition) is 4. The molecule has 2 aromatic rings. The third-order valence-electron chi connectivity index (χ3n) is 2.56. The summed E-state index contributed by atoms with van der Waals surface area (Å²) in [5, 5.41) is 6.43. The topological polar surface area (TPSA) is 77.1 Å². The van der Waals surface area contributed by atoms with Gasteiger partial charge >= 0.3 is 0 Å². The Kier molecular flexibility index (Phi) is 3.84. The number of halogens is 1. The second-order valence-corrected chi connectivity index (χ2v) is 4.98. The van der Waals surface area contributed by atoms with Gasteiger partial charge in [0.15, 0.2) is 5.76 Å². The molecule has 0 unspecified atom stereocenters. The van der Waals surface area contributed by atoms with Crippen LogP contribution < -0.4 is 10.9 Å². The highest BCUT2D eigenvalue weighted by Gasteiger charge is 2.13. The first kappa shape index (κ1) is 13.5. The number of nitrogens with zero attached hydrogens (tertiary/aromatic N) is 2. The smallest absolute Gasteiger partial charge is 0.251 e. The highest BCUT2D eigenvalue weighted by atomic mass is 79.9. The molecule has 0 atom stereocenters. The number of amides is 1. The van der Waals surface area contributed by atoms with Crippen molar-refractivity contribution in [2.75, 3.05) is 5.32 Å². The Morgan fingerprint density at radius 1 is 1.47 bits per heavy atom. The van der Waals surface area contributed by atoms with Gasteiger partial charge in [0.2, 0.25) is 5.91 Å². The van der Waals surface area contributed by atoms with E-state index in [4.69, 9.17) is 4.52 Å². The molecule has 0 saturated carbocycles. The fourth-order valence-corrected chi connectivity index (χ4v) is 2.00. The van der Waals surface area contributed by atoms with Crippen LogP contribution >= 0.6 is 15.9 Å². The van der Waals surface area contributed by atoms with E-state index in [-0.39, 0.29) is 18.0 Å². The maximum absolute atomic E-state index is 11.9. The van der Waals surface area contributed by atoms with Gasteiger partial charge in [-0.15, -0.1) is 0 Å². The van der Waals surface area contributed by atoms with Gasteiger partial charge in [0.25, 0.3) is 5.56 Å². The molecular weight excluding hydrogens is 314 g/mol. The first-order valence-corrected chi connectivity index (χ1v) is 6.35. The molecule has 19 heavy (non-hydrogen) atoms. The molecule has 0 aromatic carbocycles. The summed E-state index contributed by atoms with van der Waals surface area (Å²) in [6.45, 7) is 3.38. The average molecular weight is 326 g/mol. The van der Waals surface area contributed by atoms with Crippen molar-refractivity contribution >= 4 is 27.5 Å². The van der Waals surface area contributed by atoms with Crippen molar-refractivity contribution in [3.63, 3.8) is 0 Å². The minimum atomic E-state index is -0.311. The van der Waals surface area contributed by atoms with E-state index in [2.05, 4.69) is 26.4 Å². The van der Waals surface area contributed by atoms with Gasteiger partial charge in [0.1, 0.15) is 17.9 Å². The Morgan fingerprint density at radius 2 is 2.21 bits per heavy atom. The third kappa shape index (κ3) is 3.11. The number of anilines is 1. The van der Waals surface area contributed by atoms with Crippen LogP contribution in [0.1, 0.15) is 11.5 Å². The minimum Gasteiger partial charge on any atom is -0.359 e. The Labute approximate surface area is 117 Å². The molecule has 2 heterocycles. The number of carbonyl (C=O) groups is 1. The lowest BCUT2D eigenvalue weighted by molar-refractivity contribution is -0.116. The maximum Gasteiger partial charge on any atom is 0.251 e. The third-order valence-corrected chi connectivity index (χ3v) is 3.03. The Hall–Kier alpha value is -1.89. The maximum atomic E-state index is 11.9. The molecule has 0 saturated heterocycles. The molecule has 1 N–H and O–H groups in total. The summed E-state index contributed by atoms with van der Waals surface area (Å²) < 4.78 is 7.00. The lowest BCUT2D eigenvalue weighted by Gasteiger charge is -2.07. The van der Waals surface area contributed by atoms with Gasteiger partial charge in [-0.25, -0.2) is 0 Å². The molecule has 6 nitrogen and oxygen atoms in total. The Bertz CT molecular complexity index is 656. The molecule has 7 heteroatoms. The van der Waals surface area contributed by atoms with Crippen molar-refractivity contribution < 1.29 is 9.32 Å². The number of aryl methyl sites for hydroxylation is 2. The standard InChI is InChI=1S/C12H12BrN3O3/c1-7-12(8(2)19-15-7)14-10(17)6-16-5-9(13)3-4-11(16)18/h3-5H,6H2,1-2H3,(H,14,17). The van der Waals surface area contributed by atoms with Gasteiger partial charge in [-0.2, -0.15) is 0 Å². The SMILES string of the molecule is Cc1noc(C)c1NC(=O)Cn1cc(Br)ccc1=O. The van der Waals surface area contributed by atoms with Gasteiger partial charge in [-0.3, -0.25) is 9.59 Å². The molecule has 0 fully saturated rings. The molecule has 0 bridgehead atoms. The predicted molar refractivity (Wildman–Crippen MR) is 73.0 cm³/mol. The number of carbonyl (C=O) groups excluding carboxylic acids is 1. The van der Waals surface area contributed by atoms with Gasteiger partial charge < -0.3 is 14.4 Å². The van der Waals surface area contributed by atoms with Gasteiger partial charge in [-0.1, -0.05) is 5.16 Å². The van der Waals surface area contributed by atoms with Crippen LogP contribution in [0.3, 0.4) is 0 Å². The van der Waals surface area contributed by atoms with Crippen LogP contribution in [0.5, 0.6) is 0 Å². The largest absolute Gasteiger partial charge is 0.359 e. The molecule has 0 aliphatic heterocycles. The Balaban J connectivity index is 2.14. The summed E-state index contributed by atoms with van der Waals surface area (Å²) in [5.41, 5.74) is 0.914. The molecule has 0 radical (unpaired) electrons. The zero-order valence-corrected chi connectivity index (χ0v) is 12.0. The van der Waals surface area contributed by atoms with Crippen LogP contribution in [0.2, 0.25) is 0 Å². The van der Waals surface area contributed by atoms with E-state index in [0.29, 0.717) is 17.1 Å². The molecule has 100 valence electrons. The van der Waals surface area contributed by atoms with Gasteiger partial charge in [0.05, 0.1) is 0 Å². The van der Waals surface area contributed by atoms with Crippen LogP contribution in [0.4, 0.5) is 5.69 Å². The van der Waals surface area contributed by atoms with E-state index in [1.165, 1.54) is 10.6 Å². The summed E-state index contributed by atoms with van der Waals surface area (Å²) in [6.07, 6.45) is 1.56. The molecule has 1 amide bonds. The highest BCUT2D eigenvalue weighted by Crippen LogP contribution is 2.18. The monoisotopic (exact) mass is 325 g/mol. The summed E-state index contributed by atoms with van der Waals surface area (Å²) in [4.78, 5) is 23.5. The van der Waals surface area contributed by atoms with Crippen molar-refractivity contribution in [3.8, 4) is 0 Å². The number of rotatable bonds is 3. The van der Waals surface area contributed by atoms with E-state index in [1.807, 2.05) is 0 Å². The first-order chi connectivity index (χ1) is 8.97. The predicted octanol–water partition coefficient (Wildman–Crippen LogP) is 1.85. The Morgan fingerprint density at radius 3 is 2.84 bits per heavy atom. The normalized spacial score (nSPS) is 10.5. The summed E-state index contributed by atoms with van der Waals surface area (Å²) in [6, 6.07) is 3.03. The van der Waals surface area contributed by atoms with E-state index in [1.54, 1.807) is 26.1 Å².